The molecule has 118 valence electrons. The third kappa shape index (κ3) is 4.60. The number of rotatable bonds is 5. The lowest BCUT2D eigenvalue weighted by Gasteiger charge is -2.08. The zero-order valence-electron chi connectivity index (χ0n) is 12.1. The molecule has 6 nitrogen and oxygen atoms in total. The van der Waals surface area contributed by atoms with Gasteiger partial charge in [0.25, 0.3) is 0 Å². The van der Waals surface area contributed by atoms with Crippen molar-refractivity contribution in [3.05, 3.63) is 65.7 Å². The van der Waals surface area contributed by atoms with Crippen LogP contribution in [-0.2, 0) is 4.74 Å². The van der Waals surface area contributed by atoms with Gasteiger partial charge in [-0.1, -0.05) is 42.5 Å². The van der Waals surface area contributed by atoms with Crippen LogP contribution in [0.15, 0.2) is 54.6 Å². The highest BCUT2D eigenvalue weighted by Gasteiger charge is 2.14. The van der Waals surface area contributed by atoms with Crippen LogP contribution in [0.25, 0.3) is 6.08 Å². The summed E-state index contributed by atoms with van der Waals surface area (Å²) in [5.41, 5.74) is 0.650. The highest BCUT2D eigenvalue weighted by molar-refractivity contribution is 5.96. The summed E-state index contributed by atoms with van der Waals surface area (Å²) < 4.78 is 4.93. The maximum Gasteiger partial charge on any atom is 0.412 e. The van der Waals surface area contributed by atoms with Crippen LogP contribution >= 0.6 is 0 Å². The number of para-hydroxylation sites is 1. The second-order valence-electron chi connectivity index (χ2n) is 4.54. The lowest BCUT2D eigenvalue weighted by atomic mass is 10.2. The number of phenols is 1. The monoisotopic (exact) mass is 313 g/mol. The first-order valence-corrected chi connectivity index (χ1v) is 6.78. The van der Waals surface area contributed by atoms with Crippen LogP contribution in [0.1, 0.15) is 15.9 Å². The van der Waals surface area contributed by atoms with E-state index in [-0.39, 0.29) is 17.9 Å². The van der Waals surface area contributed by atoms with Crippen LogP contribution in [0.4, 0.5) is 10.5 Å². The lowest BCUT2D eigenvalue weighted by molar-refractivity contribution is 0.0693. The SMILES string of the molecule is O=C(Nc1cccc(C(=O)O)c1O)OC/C=C/c1ccccc1. The number of carboxylic acids is 1. The van der Waals surface area contributed by atoms with Gasteiger partial charge < -0.3 is 14.9 Å². The van der Waals surface area contributed by atoms with E-state index in [9.17, 15) is 14.7 Å². The molecule has 2 aromatic carbocycles. The van der Waals surface area contributed by atoms with Gasteiger partial charge in [-0.05, 0) is 23.8 Å². The molecule has 2 rings (SSSR count). The first kappa shape index (κ1) is 16.1. The molecule has 0 saturated carbocycles. The Kier molecular flexibility index (Phi) is 5.35. The van der Waals surface area contributed by atoms with Gasteiger partial charge in [0.05, 0.1) is 5.69 Å². The van der Waals surface area contributed by atoms with Crippen molar-refractivity contribution in [2.24, 2.45) is 0 Å². The first-order chi connectivity index (χ1) is 11.1. The van der Waals surface area contributed by atoms with Gasteiger partial charge >= 0.3 is 12.1 Å². The lowest BCUT2D eigenvalue weighted by Crippen LogP contribution is -2.14. The van der Waals surface area contributed by atoms with E-state index in [0.717, 1.165) is 5.56 Å². The molecule has 2 aromatic rings. The molecule has 6 heteroatoms. The number of hydrogen-bond donors (Lipinski definition) is 3. The molecular formula is C17H15NO5. The molecule has 3 N–H and O–H groups in total. The largest absolute Gasteiger partial charge is 0.505 e. The number of amides is 1. The van der Waals surface area contributed by atoms with Gasteiger partial charge in [0, 0.05) is 0 Å². The fourth-order valence-electron chi connectivity index (χ4n) is 1.84. The van der Waals surface area contributed by atoms with Crippen LogP contribution in [0.5, 0.6) is 5.75 Å². The minimum atomic E-state index is -1.29. The highest BCUT2D eigenvalue weighted by atomic mass is 16.5. The Balaban J connectivity index is 1.89. The zero-order valence-corrected chi connectivity index (χ0v) is 12.1. The Hall–Kier alpha value is -3.28. The third-order valence-corrected chi connectivity index (χ3v) is 2.92. The molecule has 0 unspecified atom stereocenters. The summed E-state index contributed by atoms with van der Waals surface area (Å²) in [6, 6.07) is 13.5. The summed E-state index contributed by atoms with van der Waals surface area (Å²) in [5.74, 6) is -1.80. The van der Waals surface area contributed by atoms with Crippen molar-refractivity contribution in [2.75, 3.05) is 11.9 Å². The van der Waals surface area contributed by atoms with E-state index >= 15 is 0 Å². The van der Waals surface area contributed by atoms with Gasteiger partial charge in [-0.2, -0.15) is 0 Å². The molecule has 0 aliphatic carbocycles. The number of nitrogens with one attached hydrogen (secondary N) is 1. The average Bonchev–Trinajstić information content (AvgIpc) is 2.54. The van der Waals surface area contributed by atoms with Gasteiger partial charge in [-0.25, -0.2) is 9.59 Å². The van der Waals surface area contributed by atoms with Gasteiger partial charge in [0.1, 0.15) is 12.2 Å². The standard InChI is InChI=1S/C17H15NO5/c19-15-13(16(20)21)9-4-10-14(15)18-17(22)23-11-5-8-12-6-2-1-3-7-12/h1-10,19H,11H2,(H,18,22)(H,20,21)/b8-5+. The molecule has 0 aromatic heterocycles. The van der Waals surface area contributed by atoms with Crippen LogP contribution in [0, 0.1) is 0 Å². The number of aromatic carboxylic acids is 1. The number of benzene rings is 2. The van der Waals surface area contributed by atoms with E-state index < -0.39 is 17.8 Å². The van der Waals surface area contributed by atoms with Crippen LogP contribution in [0.2, 0.25) is 0 Å². The molecule has 0 bridgehead atoms. The normalized spacial score (nSPS) is 10.4. The van der Waals surface area contributed by atoms with Crippen molar-refractivity contribution in [1.29, 1.82) is 0 Å². The molecule has 23 heavy (non-hydrogen) atoms. The van der Waals surface area contributed by atoms with E-state index in [1.165, 1.54) is 18.2 Å². The minimum Gasteiger partial charge on any atom is -0.505 e. The van der Waals surface area contributed by atoms with E-state index in [1.54, 1.807) is 12.2 Å². The third-order valence-electron chi connectivity index (χ3n) is 2.92. The molecule has 0 fully saturated rings. The topological polar surface area (TPSA) is 95.9 Å². The van der Waals surface area contributed by atoms with Crippen molar-refractivity contribution in [3.63, 3.8) is 0 Å². The average molecular weight is 313 g/mol. The van der Waals surface area contributed by atoms with Crippen molar-refractivity contribution in [1.82, 2.24) is 0 Å². The molecule has 0 aliphatic heterocycles. The van der Waals surface area contributed by atoms with Crippen molar-refractivity contribution in [3.8, 4) is 5.75 Å². The van der Waals surface area contributed by atoms with E-state index in [1.807, 2.05) is 30.3 Å². The molecular weight excluding hydrogens is 298 g/mol. The first-order valence-electron chi connectivity index (χ1n) is 6.78. The number of aromatic hydroxyl groups is 1. The van der Waals surface area contributed by atoms with E-state index in [4.69, 9.17) is 9.84 Å². The molecule has 0 saturated heterocycles. The summed E-state index contributed by atoms with van der Waals surface area (Å²) in [7, 11) is 0. The summed E-state index contributed by atoms with van der Waals surface area (Å²) >= 11 is 0. The van der Waals surface area contributed by atoms with Crippen LogP contribution in [0.3, 0.4) is 0 Å². The Morgan fingerprint density at radius 3 is 2.52 bits per heavy atom. The molecule has 0 heterocycles. The second kappa shape index (κ2) is 7.65. The number of ether oxygens (including phenoxy) is 1. The van der Waals surface area contributed by atoms with Crippen LogP contribution < -0.4 is 5.32 Å². The van der Waals surface area contributed by atoms with E-state index in [0.29, 0.717) is 0 Å². The summed E-state index contributed by atoms with van der Waals surface area (Å²) in [4.78, 5) is 22.5. The molecule has 0 spiro atoms. The molecule has 0 aliphatic rings. The van der Waals surface area contributed by atoms with Gasteiger partial charge in [-0.3, -0.25) is 5.32 Å². The molecule has 0 radical (unpaired) electrons. The number of anilines is 1. The van der Waals surface area contributed by atoms with Gasteiger partial charge in [0.15, 0.2) is 5.75 Å². The number of carboxylic acid groups (broad SMARTS) is 1. The molecule has 0 atom stereocenters. The summed E-state index contributed by atoms with van der Waals surface area (Å²) in [6.07, 6.45) is 2.68. The predicted molar refractivity (Wildman–Crippen MR) is 85.5 cm³/mol. The van der Waals surface area contributed by atoms with Crippen molar-refractivity contribution >= 4 is 23.8 Å². The maximum atomic E-state index is 11.6. The Bertz CT molecular complexity index is 725. The number of hydrogen-bond acceptors (Lipinski definition) is 4. The fraction of sp³-hybridized carbons (Fsp3) is 0.0588. The van der Waals surface area contributed by atoms with Gasteiger partial charge in [0.2, 0.25) is 0 Å². The number of carbonyl (C=O) groups is 2. The fourth-order valence-corrected chi connectivity index (χ4v) is 1.84. The minimum absolute atomic E-state index is 0.0260. The smallest absolute Gasteiger partial charge is 0.412 e. The maximum absolute atomic E-state index is 11.6. The molecule has 1 amide bonds. The van der Waals surface area contributed by atoms with Gasteiger partial charge in [-0.15, -0.1) is 0 Å². The summed E-state index contributed by atoms with van der Waals surface area (Å²) in [6.45, 7) is 0.0418. The highest BCUT2D eigenvalue weighted by Crippen LogP contribution is 2.27. The second-order valence-corrected chi connectivity index (χ2v) is 4.54. The predicted octanol–water partition coefficient (Wildman–Crippen LogP) is 3.35. The Morgan fingerprint density at radius 1 is 1.09 bits per heavy atom. The zero-order chi connectivity index (χ0) is 16.7. The van der Waals surface area contributed by atoms with Crippen LogP contribution in [-0.4, -0.2) is 28.9 Å². The van der Waals surface area contributed by atoms with Crippen molar-refractivity contribution in [2.45, 2.75) is 0 Å². The Morgan fingerprint density at radius 2 is 1.83 bits per heavy atom. The van der Waals surface area contributed by atoms with Crippen molar-refractivity contribution < 1.29 is 24.5 Å². The Labute approximate surface area is 132 Å². The summed E-state index contributed by atoms with van der Waals surface area (Å²) in [5, 5.41) is 21.0. The quantitative estimate of drug-likeness (QED) is 0.736. The number of carbonyl (C=O) groups excluding carboxylic acids is 1. The van der Waals surface area contributed by atoms with E-state index in [2.05, 4.69) is 5.32 Å².